The summed E-state index contributed by atoms with van der Waals surface area (Å²) < 4.78 is 10.3. The molecule has 7 heteroatoms. The fraction of sp³-hybridized carbons (Fsp3) is 0.833. The van der Waals surface area contributed by atoms with Gasteiger partial charge in [-0.15, -0.1) is 0 Å². The Labute approximate surface area is 149 Å². The zero-order valence-electron chi connectivity index (χ0n) is 16.0. The van der Waals surface area contributed by atoms with Crippen molar-refractivity contribution in [2.75, 3.05) is 7.11 Å². The van der Waals surface area contributed by atoms with Gasteiger partial charge in [0.25, 0.3) is 0 Å². The summed E-state index contributed by atoms with van der Waals surface area (Å²) in [6.07, 6.45) is 1.45. The highest BCUT2D eigenvalue weighted by atomic mass is 16.6. The SMILES string of the molecule is CCC(CC)C1=NOC2C(C(=O)OC)CC(NC(=O)OC(C)(C)C)C12. The molecule has 0 spiro atoms. The van der Waals surface area contributed by atoms with Crippen LogP contribution in [0.25, 0.3) is 0 Å². The molecule has 4 unspecified atom stereocenters. The van der Waals surface area contributed by atoms with Crippen molar-refractivity contribution in [1.82, 2.24) is 5.32 Å². The van der Waals surface area contributed by atoms with E-state index < -0.39 is 17.6 Å². The third-order valence-corrected chi connectivity index (χ3v) is 4.92. The molecule has 4 atom stereocenters. The normalized spacial score (nSPS) is 28.2. The number of hydrogen-bond donors (Lipinski definition) is 1. The molecule has 0 aromatic carbocycles. The maximum absolute atomic E-state index is 12.2. The monoisotopic (exact) mass is 354 g/mol. The minimum absolute atomic E-state index is 0.124. The fourth-order valence-electron chi connectivity index (χ4n) is 3.77. The molecule has 7 nitrogen and oxygen atoms in total. The van der Waals surface area contributed by atoms with Crippen LogP contribution in [0, 0.1) is 17.8 Å². The maximum Gasteiger partial charge on any atom is 0.407 e. The third-order valence-electron chi connectivity index (χ3n) is 4.92. The van der Waals surface area contributed by atoms with Gasteiger partial charge in [-0.2, -0.15) is 0 Å². The number of amides is 1. The largest absolute Gasteiger partial charge is 0.469 e. The van der Waals surface area contributed by atoms with Crippen molar-refractivity contribution in [1.29, 1.82) is 0 Å². The van der Waals surface area contributed by atoms with Crippen molar-refractivity contribution in [3.63, 3.8) is 0 Å². The van der Waals surface area contributed by atoms with Gasteiger partial charge in [0.15, 0.2) is 6.10 Å². The Morgan fingerprint density at radius 1 is 1.32 bits per heavy atom. The topological polar surface area (TPSA) is 86.2 Å². The van der Waals surface area contributed by atoms with Crippen molar-refractivity contribution in [2.24, 2.45) is 22.9 Å². The molecule has 0 saturated heterocycles. The zero-order valence-corrected chi connectivity index (χ0v) is 16.0. The molecule has 1 aliphatic carbocycles. The molecule has 0 bridgehead atoms. The number of methoxy groups -OCH3 is 1. The molecule has 25 heavy (non-hydrogen) atoms. The van der Waals surface area contributed by atoms with E-state index in [0.717, 1.165) is 18.6 Å². The van der Waals surface area contributed by atoms with Crippen LogP contribution in [-0.2, 0) is 19.1 Å². The molecule has 1 heterocycles. The number of hydrogen-bond acceptors (Lipinski definition) is 6. The summed E-state index contributed by atoms with van der Waals surface area (Å²) in [5, 5.41) is 7.20. The summed E-state index contributed by atoms with van der Waals surface area (Å²) >= 11 is 0. The van der Waals surface area contributed by atoms with Crippen LogP contribution in [0.5, 0.6) is 0 Å². The Morgan fingerprint density at radius 3 is 2.48 bits per heavy atom. The van der Waals surface area contributed by atoms with E-state index in [9.17, 15) is 9.59 Å². The van der Waals surface area contributed by atoms with E-state index in [2.05, 4.69) is 24.3 Å². The molecule has 2 aliphatic rings. The van der Waals surface area contributed by atoms with E-state index in [4.69, 9.17) is 14.3 Å². The maximum atomic E-state index is 12.2. The molecule has 1 fully saturated rings. The molecule has 2 rings (SSSR count). The van der Waals surface area contributed by atoms with Gasteiger partial charge in [0.05, 0.1) is 24.7 Å². The summed E-state index contributed by atoms with van der Waals surface area (Å²) in [5.74, 6) is -0.620. The van der Waals surface area contributed by atoms with E-state index in [-0.39, 0.29) is 30.0 Å². The van der Waals surface area contributed by atoms with Crippen LogP contribution in [0.15, 0.2) is 5.16 Å². The van der Waals surface area contributed by atoms with E-state index in [1.165, 1.54) is 7.11 Å². The Morgan fingerprint density at radius 2 is 1.96 bits per heavy atom. The lowest BCUT2D eigenvalue weighted by Gasteiger charge is -2.25. The zero-order chi connectivity index (χ0) is 18.8. The number of nitrogens with zero attached hydrogens (tertiary/aromatic N) is 1. The molecule has 0 aromatic rings. The molecule has 142 valence electrons. The first-order chi connectivity index (χ1) is 11.7. The second-order valence-corrected chi connectivity index (χ2v) is 7.74. The number of oxime groups is 1. The smallest absolute Gasteiger partial charge is 0.407 e. The molecule has 1 amide bonds. The van der Waals surface area contributed by atoms with Gasteiger partial charge >= 0.3 is 12.1 Å². The van der Waals surface area contributed by atoms with Crippen LogP contribution in [0.1, 0.15) is 53.9 Å². The lowest BCUT2D eigenvalue weighted by atomic mass is 9.84. The van der Waals surface area contributed by atoms with E-state index in [1.807, 2.05) is 20.8 Å². The summed E-state index contributed by atoms with van der Waals surface area (Å²) in [4.78, 5) is 30.0. The number of fused-ring (bicyclic) bond motifs is 1. The third kappa shape index (κ3) is 4.25. The van der Waals surface area contributed by atoms with Gasteiger partial charge in [-0.1, -0.05) is 19.0 Å². The Kier molecular flexibility index (Phi) is 5.95. The number of nitrogens with one attached hydrogen (secondary N) is 1. The second-order valence-electron chi connectivity index (χ2n) is 7.74. The summed E-state index contributed by atoms with van der Waals surface area (Å²) in [6.45, 7) is 9.66. The molecule has 0 radical (unpaired) electrons. The number of rotatable bonds is 5. The minimum atomic E-state index is -0.581. The van der Waals surface area contributed by atoms with Gasteiger partial charge < -0.3 is 19.6 Å². The molecule has 1 saturated carbocycles. The summed E-state index contributed by atoms with van der Waals surface area (Å²) in [5.41, 5.74) is 0.352. The van der Waals surface area contributed by atoms with Gasteiger partial charge in [0.2, 0.25) is 0 Å². The van der Waals surface area contributed by atoms with Crippen LogP contribution in [0.4, 0.5) is 4.79 Å². The number of esters is 1. The highest BCUT2D eigenvalue weighted by Gasteiger charge is 2.55. The van der Waals surface area contributed by atoms with Crippen LogP contribution in [0.2, 0.25) is 0 Å². The lowest BCUT2D eigenvalue weighted by Crippen LogP contribution is -2.45. The number of carbonyl (C=O) groups is 2. The number of alkyl carbamates (subject to hydrolysis) is 1. The molecular formula is C18H30N2O5. The average molecular weight is 354 g/mol. The number of carbonyl (C=O) groups excluding carboxylic acids is 2. The Hall–Kier alpha value is -1.79. The quantitative estimate of drug-likeness (QED) is 0.767. The van der Waals surface area contributed by atoms with E-state index in [0.29, 0.717) is 6.42 Å². The average Bonchev–Trinajstić information content (AvgIpc) is 3.08. The van der Waals surface area contributed by atoms with Gasteiger partial charge in [0.1, 0.15) is 5.60 Å². The molecule has 1 N–H and O–H groups in total. The van der Waals surface area contributed by atoms with Gasteiger partial charge in [-0.25, -0.2) is 4.79 Å². The van der Waals surface area contributed by atoms with Gasteiger partial charge in [-0.05, 0) is 40.0 Å². The first-order valence-corrected chi connectivity index (χ1v) is 9.02. The van der Waals surface area contributed by atoms with Gasteiger partial charge in [-0.3, -0.25) is 4.79 Å². The van der Waals surface area contributed by atoms with E-state index in [1.54, 1.807) is 0 Å². The summed E-state index contributed by atoms with van der Waals surface area (Å²) in [6, 6.07) is -0.259. The number of ether oxygens (including phenoxy) is 2. The van der Waals surface area contributed by atoms with Crippen molar-refractivity contribution in [3.8, 4) is 0 Å². The molecule has 0 aromatic heterocycles. The van der Waals surface area contributed by atoms with Crippen molar-refractivity contribution in [3.05, 3.63) is 0 Å². The van der Waals surface area contributed by atoms with Crippen molar-refractivity contribution >= 4 is 17.8 Å². The van der Waals surface area contributed by atoms with Crippen molar-refractivity contribution in [2.45, 2.75) is 71.6 Å². The van der Waals surface area contributed by atoms with Crippen LogP contribution >= 0.6 is 0 Å². The lowest BCUT2D eigenvalue weighted by molar-refractivity contribution is -0.149. The fourth-order valence-corrected chi connectivity index (χ4v) is 3.77. The molecule has 1 aliphatic heterocycles. The summed E-state index contributed by atoms with van der Waals surface area (Å²) in [7, 11) is 1.36. The predicted molar refractivity (Wildman–Crippen MR) is 93.2 cm³/mol. The first-order valence-electron chi connectivity index (χ1n) is 9.02. The predicted octanol–water partition coefficient (Wildman–Crippen LogP) is 2.88. The highest BCUT2D eigenvalue weighted by Crippen LogP contribution is 2.42. The van der Waals surface area contributed by atoms with Gasteiger partial charge in [0, 0.05) is 12.0 Å². The Bertz CT molecular complexity index is 536. The molecular weight excluding hydrogens is 324 g/mol. The highest BCUT2D eigenvalue weighted by molar-refractivity contribution is 5.93. The van der Waals surface area contributed by atoms with Crippen LogP contribution < -0.4 is 5.32 Å². The first kappa shape index (κ1) is 19.5. The van der Waals surface area contributed by atoms with Crippen LogP contribution in [-0.4, -0.2) is 42.6 Å². The van der Waals surface area contributed by atoms with Crippen LogP contribution in [0.3, 0.4) is 0 Å². The minimum Gasteiger partial charge on any atom is -0.469 e. The van der Waals surface area contributed by atoms with Crippen molar-refractivity contribution < 1.29 is 23.9 Å². The standard InChI is InChI=1S/C18H30N2O5/c1-7-10(8-2)14-13-12(19-17(22)24-18(3,4)5)9-11(16(21)23-6)15(13)25-20-14/h10-13,15H,7-9H2,1-6H3,(H,19,22). The van der Waals surface area contributed by atoms with E-state index >= 15 is 0 Å². The second kappa shape index (κ2) is 7.62. The Balaban J connectivity index is 2.20.